The van der Waals surface area contributed by atoms with Gasteiger partial charge in [-0.05, 0) is 18.9 Å². The number of aldehydes is 2. The van der Waals surface area contributed by atoms with Crippen molar-refractivity contribution >= 4 is 87.6 Å². The highest BCUT2D eigenvalue weighted by molar-refractivity contribution is 7.91. The Bertz CT molecular complexity index is 1690. The summed E-state index contributed by atoms with van der Waals surface area (Å²) in [7, 11) is -7.25. The number of sulfone groups is 2. The molecule has 50 heavy (non-hydrogen) atoms. The highest BCUT2D eigenvalue weighted by atomic mass is 35.5. The van der Waals surface area contributed by atoms with Gasteiger partial charge in [0.25, 0.3) is 11.1 Å². The number of anilines is 2. The van der Waals surface area contributed by atoms with Crippen LogP contribution in [-0.2, 0) is 53.6 Å². The molecular formula is C29H47Cl3N6O9S2Si. The van der Waals surface area contributed by atoms with Crippen LogP contribution in [0.25, 0.3) is 0 Å². The molecule has 2 fully saturated rings. The fraction of sp³-hybridized carbons (Fsp3) is 0.655. The Morgan fingerprint density at radius 1 is 0.840 bits per heavy atom. The molecule has 2 aliphatic heterocycles. The molecule has 4 heterocycles. The predicted molar refractivity (Wildman–Crippen MR) is 202 cm³/mol. The van der Waals surface area contributed by atoms with E-state index in [1.165, 1.54) is 10.8 Å². The normalized spacial score (nSPS) is 16.5. The minimum atomic E-state index is -3.05. The van der Waals surface area contributed by atoms with Crippen LogP contribution in [0.1, 0.15) is 24.2 Å². The van der Waals surface area contributed by atoms with Crippen LogP contribution in [0, 0.1) is 0 Å². The Morgan fingerprint density at radius 3 is 1.78 bits per heavy atom. The van der Waals surface area contributed by atoms with Crippen molar-refractivity contribution in [2.45, 2.75) is 58.1 Å². The molecule has 0 amide bonds. The number of ether oxygens (including phenoxy) is 1. The monoisotopic (exact) mass is 820 g/mol. The molecule has 21 heteroatoms. The number of carbonyl (C=O) groups excluding carboxylic acids is 2. The van der Waals surface area contributed by atoms with Crippen molar-refractivity contribution in [3.05, 3.63) is 44.5 Å². The zero-order valence-electron chi connectivity index (χ0n) is 28.5. The van der Waals surface area contributed by atoms with Gasteiger partial charge in [-0.1, -0.05) is 19.6 Å². The first-order valence-electron chi connectivity index (χ1n) is 15.7. The number of hydrogen-bond acceptors (Lipinski definition) is 13. The van der Waals surface area contributed by atoms with Gasteiger partial charge in [0.2, 0.25) is 0 Å². The molecule has 15 nitrogen and oxygen atoms in total. The highest BCUT2D eigenvalue weighted by Gasteiger charge is 2.26. The van der Waals surface area contributed by atoms with E-state index in [4.69, 9.17) is 27.9 Å². The van der Waals surface area contributed by atoms with Crippen LogP contribution in [0.3, 0.4) is 0 Å². The maximum absolute atomic E-state index is 12.8. The maximum Gasteiger partial charge on any atom is 0.295 e. The Morgan fingerprint density at radius 2 is 1.30 bits per heavy atom. The first-order chi connectivity index (χ1) is 23.0. The van der Waals surface area contributed by atoms with Gasteiger partial charge < -0.3 is 29.1 Å². The van der Waals surface area contributed by atoms with E-state index in [-0.39, 0.29) is 96.4 Å². The number of rotatable bonds is 13. The van der Waals surface area contributed by atoms with E-state index in [1.807, 2.05) is 0 Å². The first-order valence-corrected chi connectivity index (χ1v) is 24.1. The summed E-state index contributed by atoms with van der Waals surface area (Å²) < 4.78 is 53.2. The average molecular weight is 822 g/mol. The second-order valence-electron chi connectivity index (χ2n) is 12.5. The van der Waals surface area contributed by atoms with Gasteiger partial charge in [-0.15, -0.1) is 35.6 Å². The summed E-state index contributed by atoms with van der Waals surface area (Å²) >= 11 is 9.53. The summed E-state index contributed by atoms with van der Waals surface area (Å²) in [4.78, 5) is 60.1. The molecule has 2 aromatic heterocycles. The molecule has 2 aromatic rings. The summed E-state index contributed by atoms with van der Waals surface area (Å²) in [6.07, 6.45) is 6.26. The summed E-state index contributed by atoms with van der Waals surface area (Å²) in [5.41, 5.74) is 0.611. The molecule has 2 aliphatic rings. The zero-order chi connectivity index (χ0) is 36.7. The fourth-order valence-corrected chi connectivity index (χ4v) is 7.74. The van der Waals surface area contributed by atoms with Gasteiger partial charge in [0.1, 0.15) is 19.3 Å². The summed E-state index contributed by atoms with van der Waals surface area (Å²) in [6.45, 7) is 8.53. The highest BCUT2D eigenvalue weighted by Crippen LogP contribution is 2.14. The summed E-state index contributed by atoms with van der Waals surface area (Å²) in [5.74, 6) is 0.568. The van der Waals surface area contributed by atoms with E-state index in [0.717, 1.165) is 18.6 Å². The van der Waals surface area contributed by atoms with Gasteiger partial charge in [0.05, 0.1) is 39.7 Å². The average Bonchev–Trinajstić information content (AvgIpc) is 3.03. The van der Waals surface area contributed by atoms with Crippen molar-refractivity contribution in [2.75, 3.05) is 70.9 Å². The second kappa shape index (κ2) is 21.9. The van der Waals surface area contributed by atoms with Gasteiger partial charge in [0, 0.05) is 66.1 Å². The topological polar surface area (TPSA) is 199 Å². The van der Waals surface area contributed by atoms with E-state index in [9.17, 15) is 36.0 Å². The molecule has 0 aromatic carbocycles. The molecule has 0 radical (unpaired) electrons. The number of aryl methyl sites for hydroxylation is 2. The largest absolute Gasteiger partial charge is 0.361 e. The summed E-state index contributed by atoms with van der Waals surface area (Å²) in [6, 6.07) is 1.00. The van der Waals surface area contributed by atoms with Crippen molar-refractivity contribution in [1.82, 2.24) is 19.5 Å². The molecule has 0 atom stereocenters. The van der Waals surface area contributed by atoms with Gasteiger partial charge in [-0.25, -0.2) is 26.8 Å². The van der Waals surface area contributed by atoms with Gasteiger partial charge in [0.15, 0.2) is 31.3 Å². The van der Waals surface area contributed by atoms with Crippen LogP contribution in [0.5, 0.6) is 0 Å². The molecule has 2 saturated heterocycles. The number of H-pyrrole nitrogens is 1. The molecule has 1 N–H and O–H groups in total. The van der Waals surface area contributed by atoms with Crippen LogP contribution in [0.4, 0.5) is 11.6 Å². The zero-order valence-corrected chi connectivity index (χ0v) is 33.5. The molecule has 0 spiro atoms. The first kappa shape index (κ1) is 45.7. The van der Waals surface area contributed by atoms with Crippen molar-refractivity contribution in [3.8, 4) is 0 Å². The second-order valence-corrected chi connectivity index (χ2v) is 23.5. The third-order valence-electron chi connectivity index (χ3n) is 7.38. The number of aromatic amines is 1. The predicted octanol–water partition coefficient (Wildman–Crippen LogP) is 1.90. The minimum absolute atomic E-state index is 0. The van der Waals surface area contributed by atoms with Crippen LogP contribution in [-0.4, -0.2) is 118 Å². The third-order valence-corrected chi connectivity index (χ3v) is 12.3. The lowest BCUT2D eigenvalue weighted by Gasteiger charge is -2.27. The van der Waals surface area contributed by atoms with E-state index < -0.39 is 27.7 Å². The van der Waals surface area contributed by atoms with Crippen LogP contribution in [0.15, 0.2) is 22.0 Å². The van der Waals surface area contributed by atoms with Crippen molar-refractivity contribution < 1.29 is 31.2 Å². The van der Waals surface area contributed by atoms with E-state index in [1.54, 1.807) is 16.0 Å². The number of nitrogens with zero attached hydrogens (tertiary/aromatic N) is 5. The Hall–Kier alpha value is -2.35. The Balaban J connectivity index is 0.000000476. The minimum Gasteiger partial charge on any atom is -0.361 e. The van der Waals surface area contributed by atoms with Gasteiger partial charge in [-0.3, -0.25) is 14.2 Å². The molecule has 284 valence electrons. The maximum atomic E-state index is 12.8. The number of halogens is 3. The lowest BCUT2D eigenvalue weighted by atomic mass is 10.2. The number of carbonyl (C=O) groups is 2. The Kier molecular flexibility index (Phi) is 20.0. The lowest BCUT2D eigenvalue weighted by Crippen LogP contribution is -2.44. The quantitative estimate of drug-likeness (QED) is 0.133. The standard InChI is InChI=1S/C17H29N3O5SSi.C11H15N3O4S.CH2Cl2.ClH/c1-27(2,3)12-9-25-14-20-13-15(5-4-8-21)18-16(17(20)22)19-6-10-26(23,24)11-7-19;15-5-1-2-9-8-12-11(16)10(13-9)14-3-6-19(17,18)7-4-14;2-1-3;/h8,13H,4-7,9-12,14H2,1-3H3;5,8H,1-4,6-7H2,(H,12,16);1H2;1H. The number of hydrogen-bond donors (Lipinski definition) is 1. The van der Waals surface area contributed by atoms with Crippen LogP contribution < -0.4 is 20.9 Å². The van der Waals surface area contributed by atoms with Crippen molar-refractivity contribution in [3.63, 3.8) is 0 Å². The van der Waals surface area contributed by atoms with Gasteiger partial charge in [-0.2, -0.15) is 0 Å². The number of alkyl halides is 2. The molecule has 4 rings (SSSR count). The third kappa shape index (κ3) is 16.3. The molecule has 0 saturated carbocycles. The van der Waals surface area contributed by atoms with E-state index >= 15 is 0 Å². The van der Waals surface area contributed by atoms with E-state index in [2.05, 4.69) is 34.6 Å². The molecule has 0 bridgehead atoms. The summed E-state index contributed by atoms with van der Waals surface area (Å²) in [5, 5.41) is 0.194. The van der Waals surface area contributed by atoms with Crippen LogP contribution >= 0.6 is 35.6 Å². The van der Waals surface area contributed by atoms with Gasteiger partial charge >= 0.3 is 0 Å². The molecule has 0 unspecified atom stereocenters. The van der Waals surface area contributed by atoms with Crippen LogP contribution in [0.2, 0.25) is 25.7 Å². The van der Waals surface area contributed by atoms with Crippen molar-refractivity contribution in [1.29, 1.82) is 0 Å². The molecular weight excluding hydrogens is 775 g/mol. The fourth-order valence-electron chi connectivity index (χ4n) is 4.58. The number of nitrogens with one attached hydrogen (secondary N) is 1. The smallest absolute Gasteiger partial charge is 0.295 e. The number of aromatic nitrogens is 4. The molecule has 0 aliphatic carbocycles. The van der Waals surface area contributed by atoms with E-state index in [0.29, 0.717) is 43.7 Å². The van der Waals surface area contributed by atoms with Crippen molar-refractivity contribution in [2.24, 2.45) is 0 Å². The lowest BCUT2D eigenvalue weighted by molar-refractivity contribution is -0.108. The Labute approximate surface area is 310 Å². The SMILES string of the molecule is C[Si](C)(C)CCOCn1cc(CCC=O)nc(N2CCS(=O)(=O)CC2)c1=O.Cl.ClCCl.O=CCCc1c[nH]c(=O)c(N2CCS(=O)(=O)CC2)n1.